The van der Waals surface area contributed by atoms with Gasteiger partial charge in [0, 0.05) is 48.3 Å². The zero-order valence-electron chi connectivity index (χ0n) is 31.7. The van der Waals surface area contributed by atoms with Crippen molar-refractivity contribution in [3.8, 4) is 67.8 Å². The maximum absolute atomic E-state index is 5.28. The van der Waals surface area contributed by atoms with Crippen molar-refractivity contribution in [2.45, 2.75) is 9.79 Å². The first kappa shape index (κ1) is 33.6. The molecule has 12 rings (SSSR count). The topological polar surface area (TPSA) is 48.5 Å². The standard InChI is InChI=1S/C53H33N5S/c1-4-14-34(15-5-1)36-26-30-38(31-27-36)50-54-51(39-32-28-37(29-33-39)35-16-6-2-7-17-35)56-52(55-50)43-22-12-24-45-49(43)59-46-25-13-21-42-47-41-20-10-11-23-44(41)57(40-18-8-3-9-19-40)53(47)58(45)48(42)46/h1-33H. The second-order valence-electron chi connectivity index (χ2n) is 14.8. The lowest BCUT2D eigenvalue weighted by molar-refractivity contribution is 1.02. The molecule has 0 unspecified atom stereocenters. The zero-order chi connectivity index (χ0) is 38.9. The normalized spacial score (nSPS) is 12.0. The number of benzene rings is 8. The van der Waals surface area contributed by atoms with Crippen LogP contribution < -0.4 is 0 Å². The molecular formula is C53H33N5S. The third-order valence-electron chi connectivity index (χ3n) is 11.4. The Bertz CT molecular complexity index is 3270. The monoisotopic (exact) mass is 771 g/mol. The molecule has 1 aliphatic rings. The number of para-hydroxylation sites is 3. The van der Waals surface area contributed by atoms with Crippen molar-refractivity contribution >= 4 is 44.6 Å². The molecule has 0 aliphatic carbocycles. The number of aromatic nitrogens is 5. The first-order valence-corrected chi connectivity index (χ1v) is 20.6. The fraction of sp³-hybridized carbons (Fsp3) is 0. The van der Waals surface area contributed by atoms with Crippen molar-refractivity contribution in [3.63, 3.8) is 0 Å². The van der Waals surface area contributed by atoms with E-state index < -0.39 is 0 Å². The third-order valence-corrected chi connectivity index (χ3v) is 12.6. The van der Waals surface area contributed by atoms with Gasteiger partial charge in [0.15, 0.2) is 17.5 Å². The van der Waals surface area contributed by atoms with Crippen LogP contribution in [-0.2, 0) is 0 Å². The highest BCUT2D eigenvalue weighted by Crippen LogP contribution is 2.51. The summed E-state index contributed by atoms with van der Waals surface area (Å²) >= 11 is 1.79. The lowest BCUT2D eigenvalue weighted by atomic mass is 10.0. The van der Waals surface area contributed by atoms with E-state index in [4.69, 9.17) is 15.0 Å². The molecule has 11 aromatic rings. The van der Waals surface area contributed by atoms with Gasteiger partial charge in [-0.25, -0.2) is 15.0 Å². The Balaban J connectivity index is 1.07. The molecule has 3 aromatic heterocycles. The van der Waals surface area contributed by atoms with Gasteiger partial charge in [-0.3, -0.25) is 9.13 Å². The summed E-state index contributed by atoms with van der Waals surface area (Å²) in [7, 11) is 0. The maximum atomic E-state index is 5.28. The molecule has 0 fully saturated rings. The van der Waals surface area contributed by atoms with Gasteiger partial charge in [0.25, 0.3) is 0 Å². The van der Waals surface area contributed by atoms with Crippen LogP contribution in [0.1, 0.15) is 0 Å². The number of rotatable bonds is 6. The molecular weight excluding hydrogens is 739 g/mol. The summed E-state index contributed by atoms with van der Waals surface area (Å²) in [5, 5.41) is 3.73. The second-order valence-corrected chi connectivity index (χ2v) is 15.9. The van der Waals surface area contributed by atoms with E-state index in [2.05, 4.69) is 197 Å². The Labute approximate surface area is 344 Å². The molecule has 1 aliphatic heterocycles. The number of nitrogens with zero attached hydrogens (tertiary/aromatic N) is 5. The van der Waals surface area contributed by atoms with Crippen LogP contribution in [0.25, 0.3) is 101 Å². The fourth-order valence-corrected chi connectivity index (χ4v) is 9.85. The molecule has 276 valence electrons. The van der Waals surface area contributed by atoms with Crippen LogP contribution in [0.15, 0.2) is 210 Å². The molecule has 0 amide bonds. The number of hydrogen-bond donors (Lipinski definition) is 0. The average molecular weight is 772 g/mol. The summed E-state index contributed by atoms with van der Waals surface area (Å²) in [6.45, 7) is 0. The lowest BCUT2D eigenvalue weighted by Gasteiger charge is -2.23. The minimum absolute atomic E-state index is 0.630. The van der Waals surface area contributed by atoms with E-state index in [9.17, 15) is 0 Å². The largest absolute Gasteiger partial charge is 0.295 e. The van der Waals surface area contributed by atoms with Crippen molar-refractivity contribution in [1.29, 1.82) is 0 Å². The van der Waals surface area contributed by atoms with Crippen molar-refractivity contribution < 1.29 is 0 Å². The van der Waals surface area contributed by atoms with Gasteiger partial charge in [0.1, 0.15) is 5.65 Å². The molecule has 0 saturated heterocycles. The van der Waals surface area contributed by atoms with Gasteiger partial charge in [0.05, 0.1) is 16.7 Å². The average Bonchev–Trinajstić information content (AvgIpc) is 3.84. The summed E-state index contributed by atoms with van der Waals surface area (Å²) in [6, 6.07) is 70.6. The van der Waals surface area contributed by atoms with Crippen LogP contribution in [0.5, 0.6) is 0 Å². The van der Waals surface area contributed by atoms with Crippen LogP contribution in [0, 0.1) is 0 Å². The highest BCUT2D eigenvalue weighted by atomic mass is 32.2. The molecule has 0 N–H and O–H groups in total. The van der Waals surface area contributed by atoms with Gasteiger partial charge in [-0.05, 0) is 58.7 Å². The lowest BCUT2D eigenvalue weighted by Crippen LogP contribution is -2.07. The van der Waals surface area contributed by atoms with E-state index in [1.54, 1.807) is 11.8 Å². The second kappa shape index (κ2) is 13.5. The summed E-state index contributed by atoms with van der Waals surface area (Å²) in [4.78, 5) is 18.0. The van der Waals surface area contributed by atoms with Crippen molar-refractivity contribution in [1.82, 2.24) is 24.1 Å². The minimum Gasteiger partial charge on any atom is -0.295 e. The highest BCUT2D eigenvalue weighted by molar-refractivity contribution is 8.00. The van der Waals surface area contributed by atoms with Crippen molar-refractivity contribution in [3.05, 3.63) is 200 Å². The number of hydrogen-bond acceptors (Lipinski definition) is 4. The van der Waals surface area contributed by atoms with E-state index in [1.165, 1.54) is 43.2 Å². The summed E-state index contributed by atoms with van der Waals surface area (Å²) in [5.41, 5.74) is 13.2. The summed E-state index contributed by atoms with van der Waals surface area (Å²) in [5.74, 6) is 1.90. The van der Waals surface area contributed by atoms with Gasteiger partial charge in [-0.15, -0.1) is 0 Å². The third kappa shape index (κ3) is 5.45. The van der Waals surface area contributed by atoms with Crippen LogP contribution in [0.2, 0.25) is 0 Å². The molecule has 0 radical (unpaired) electrons. The van der Waals surface area contributed by atoms with Gasteiger partial charge >= 0.3 is 0 Å². The van der Waals surface area contributed by atoms with Crippen LogP contribution >= 0.6 is 11.8 Å². The molecule has 0 bridgehead atoms. The predicted octanol–water partition coefficient (Wildman–Crippen LogP) is 13.7. The molecule has 0 saturated carbocycles. The molecule has 6 heteroatoms. The van der Waals surface area contributed by atoms with E-state index in [-0.39, 0.29) is 0 Å². The Morgan fingerprint density at radius 3 is 1.53 bits per heavy atom. The predicted molar refractivity (Wildman–Crippen MR) is 242 cm³/mol. The maximum Gasteiger partial charge on any atom is 0.165 e. The first-order chi connectivity index (χ1) is 29.3. The van der Waals surface area contributed by atoms with E-state index in [0.29, 0.717) is 17.5 Å². The van der Waals surface area contributed by atoms with Gasteiger partial charge in [-0.2, -0.15) is 0 Å². The molecule has 4 heterocycles. The van der Waals surface area contributed by atoms with Crippen LogP contribution in [0.4, 0.5) is 0 Å². The Hall–Kier alpha value is -7.54. The Kier molecular flexibility index (Phi) is 7.71. The van der Waals surface area contributed by atoms with Crippen LogP contribution in [-0.4, -0.2) is 24.1 Å². The summed E-state index contributed by atoms with van der Waals surface area (Å²) in [6.07, 6.45) is 0. The van der Waals surface area contributed by atoms with E-state index in [0.717, 1.165) is 49.7 Å². The van der Waals surface area contributed by atoms with Gasteiger partial charge in [-0.1, -0.05) is 176 Å². The molecule has 0 atom stereocenters. The molecule has 5 nitrogen and oxygen atoms in total. The smallest absolute Gasteiger partial charge is 0.165 e. The van der Waals surface area contributed by atoms with E-state index >= 15 is 0 Å². The van der Waals surface area contributed by atoms with E-state index in [1.807, 2.05) is 12.1 Å². The van der Waals surface area contributed by atoms with Gasteiger partial charge in [0.2, 0.25) is 0 Å². The molecule has 8 aromatic carbocycles. The zero-order valence-corrected chi connectivity index (χ0v) is 32.5. The number of fused-ring (bicyclic) bond motifs is 7. The summed E-state index contributed by atoms with van der Waals surface area (Å²) < 4.78 is 4.88. The van der Waals surface area contributed by atoms with Crippen molar-refractivity contribution in [2.75, 3.05) is 0 Å². The van der Waals surface area contributed by atoms with Crippen molar-refractivity contribution in [2.24, 2.45) is 0 Å². The SMILES string of the molecule is c1ccc(-c2ccc(-c3nc(-c4ccc(-c5ccccc5)cc4)nc(-c4cccc5c4Sc4cccc6c7c8ccccc8n(-c8ccccc8)c7n-5c46)n3)cc2)cc1. The molecule has 0 spiro atoms. The molecule has 59 heavy (non-hydrogen) atoms. The minimum atomic E-state index is 0.630. The fourth-order valence-electron chi connectivity index (χ4n) is 8.65. The van der Waals surface area contributed by atoms with Gasteiger partial charge < -0.3 is 0 Å². The Morgan fingerprint density at radius 2 is 0.881 bits per heavy atom. The highest BCUT2D eigenvalue weighted by Gasteiger charge is 2.30. The first-order valence-electron chi connectivity index (χ1n) is 19.8. The quantitative estimate of drug-likeness (QED) is 0.169. The van der Waals surface area contributed by atoms with Crippen LogP contribution in [0.3, 0.4) is 0 Å². The Morgan fingerprint density at radius 1 is 0.373 bits per heavy atom.